The predicted octanol–water partition coefficient (Wildman–Crippen LogP) is 2.43. The zero-order chi connectivity index (χ0) is 18.7. The van der Waals surface area contributed by atoms with Crippen LogP contribution in [0.5, 0.6) is 0 Å². The SMILES string of the molecule is CCn1c(CN(C)C)nnc1C1CCN(C(=O)c2cncc(Cl)c2)CC1. The number of pyridine rings is 1. The molecule has 1 aliphatic rings. The molecule has 1 amide bonds. The molecule has 0 radical (unpaired) electrons. The number of carbonyl (C=O) groups excluding carboxylic acids is 1. The number of carbonyl (C=O) groups is 1. The van der Waals surface area contributed by atoms with Gasteiger partial charge in [-0.25, -0.2) is 0 Å². The minimum absolute atomic E-state index is 0.0105. The van der Waals surface area contributed by atoms with Crippen LogP contribution in [0.1, 0.15) is 47.7 Å². The van der Waals surface area contributed by atoms with Crippen LogP contribution in [0.4, 0.5) is 0 Å². The molecule has 0 saturated carbocycles. The van der Waals surface area contributed by atoms with E-state index in [-0.39, 0.29) is 5.91 Å². The molecule has 2 aromatic heterocycles. The molecule has 0 spiro atoms. The fourth-order valence-corrected chi connectivity index (χ4v) is 3.62. The van der Waals surface area contributed by atoms with E-state index < -0.39 is 0 Å². The summed E-state index contributed by atoms with van der Waals surface area (Å²) in [6.45, 7) is 5.17. The average molecular weight is 377 g/mol. The first-order valence-corrected chi connectivity index (χ1v) is 9.34. The number of piperidine rings is 1. The smallest absolute Gasteiger partial charge is 0.255 e. The summed E-state index contributed by atoms with van der Waals surface area (Å²) in [6.07, 6.45) is 4.88. The molecule has 0 bridgehead atoms. The normalized spacial score (nSPS) is 15.7. The third-order valence-corrected chi connectivity index (χ3v) is 4.94. The van der Waals surface area contributed by atoms with Gasteiger partial charge in [0.15, 0.2) is 0 Å². The van der Waals surface area contributed by atoms with Crippen LogP contribution in [0.15, 0.2) is 18.5 Å². The average Bonchev–Trinajstić information content (AvgIpc) is 3.03. The van der Waals surface area contributed by atoms with Crippen molar-refractivity contribution >= 4 is 17.5 Å². The van der Waals surface area contributed by atoms with Gasteiger partial charge in [-0.05, 0) is 39.9 Å². The van der Waals surface area contributed by atoms with Gasteiger partial charge in [-0.3, -0.25) is 9.78 Å². The zero-order valence-electron chi connectivity index (χ0n) is 15.5. The van der Waals surface area contributed by atoms with E-state index in [1.54, 1.807) is 12.3 Å². The Morgan fingerprint density at radius 1 is 1.27 bits per heavy atom. The monoisotopic (exact) mass is 376 g/mol. The van der Waals surface area contributed by atoms with Crippen molar-refractivity contribution in [2.24, 2.45) is 0 Å². The lowest BCUT2D eigenvalue weighted by molar-refractivity contribution is 0.0709. The maximum absolute atomic E-state index is 12.6. The van der Waals surface area contributed by atoms with Crippen LogP contribution < -0.4 is 0 Å². The molecule has 7 nitrogen and oxygen atoms in total. The van der Waals surface area contributed by atoms with Crippen molar-refractivity contribution in [1.82, 2.24) is 29.5 Å². The van der Waals surface area contributed by atoms with Crippen molar-refractivity contribution in [2.45, 2.75) is 38.8 Å². The molecule has 0 aromatic carbocycles. The highest BCUT2D eigenvalue weighted by Crippen LogP contribution is 2.28. The number of amides is 1. The fourth-order valence-electron chi connectivity index (χ4n) is 3.45. The summed E-state index contributed by atoms with van der Waals surface area (Å²) in [5.41, 5.74) is 0.543. The van der Waals surface area contributed by atoms with E-state index in [4.69, 9.17) is 11.6 Å². The van der Waals surface area contributed by atoms with Gasteiger partial charge in [0.25, 0.3) is 5.91 Å². The second kappa shape index (κ2) is 8.14. The van der Waals surface area contributed by atoms with E-state index in [9.17, 15) is 4.79 Å². The molecule has 3 rings (SSSR count). The first-order chi connectivity index (χ1) is 12.5. The third kappa shape index (κ3) is 4.04. The van der Waals surface area contributed by atoms with Crippen molar-refractivity contribution in [3.8, 4) is 0 Å². The van der Waals surface area contributed by atoms with E-state index in [0.29, 0.717) is 29.6 Å². The van der Waals surface area contributed by atoms with Crippen LogP contribution in [0.25, 0.3) is 0 Å². The molecule has 1 saturated heterocycles. The molecule has 0 N–H and O–H groups in total. The first kappa shape index (κ1) is 18.8. The van der Waals surface area contributed by atoms with Crippen LogP contribution in [0.2, 0.25) is 5.02 Å². The highest BCUT2D eigenvalue weighted by Gasteiger charge is 2.28. The number of halogens is 1. The van der Waals surface area contributed by atoms with E-state index in [0.717, 1.165) is 37.6 Å². The summed E-state index contributed by atoms with van der Waals surface area (Å²) in [5, 5.41) is 9.32. The molecule has 0 unspecified atom stereocenters. The summed E-state index contributed by atoms with van der Waals surface area (Å²) in [7, 11) is 4.06. The van der Waals surface area contributed by atoms with Crippen LogP contribution >= 0.6 is 11.6 Å². The first-order valence-electron chi connectivity index (χ1n) is 8.96. The molecular weight excluding hydrogens is 352 g/mol. The van der Waals surface area contributed by atoms with Gasteiger partial charge < -0.3 is 14.4 Å². The topological polar surface area (TPSA) is 67.2 Å². The van der Waals surface area contributed by atoms with Gasteiger partial charge in [0.1, 0.15) is 11.6 Å². The standard InChI is InChI=1S/C18H25ClN6O/c1-4-25-16(12-23(2)3)21-22-17(25)13-5-7-24(8-6-13)18(26)14-9-15(19)11-20-10-14/h9-11,13H,4-8,12H2,1-3H3. The molecule has 1 aliphatic heterocycles. The van der Waals surface area contributed by atoms with Gasteiger partial charge in [0.05, 0.1) is 17.1 Å². The lowest BCUT2D eigenvalue weighted by Crippen LogP contribution is -2.38. The second-order valence-corrected chi connectivity index (χ2v) is 7.35. The maximum atomic E-state index is 12.6. The Kier molecular flexibility index (Phi) is 5.88. The minimum Gasteiger partial charge on any atom is -0.339 e. The molecule has 8 heteroatoms. The Morgan fingerprint density at radius 3 is 2.62 bits per heavy atom. The molecule has 3 heterocycles. The summed E-state index contributed by atoms with van der Waals surface area (Å²) in [5.74, 6) is 2.36. The summed E-state index contributed by atoms with van der Waals surface area (Å²) < 4.78 is 2.21. The number of hydrogen-bond donors (Lipinski definition) is 0. The number of likely N-dealkylation sites (tertiary alicyclic amines) is 1. The van der Waals surface area contributed by atoms with Gasteiger partial charge in [-0.15, -0.1) is 10.2 Å². The van der Waals surface area contributed by atoms with Gasteiger partial charge >= 0.3 is 0 Å². The third-order valence-electron chi connectivity index (χ3n) is 4.73. The number of hydrogen-bond acceptors (Lipinski definition) is 5. The summed E-state index contributed by atoms with van der Waals surface area (Å²) in [4.78, 5) is 20.6. The Morgan fingerprint density at radius 2 is 2.00 bits per heavy atom. The van der Waals surface area contributed by atoms with Crippen molar-refractivity contribution < 1.29 is 4.79 Å². The second-order valence-electron chi connectivity index (χ2n) is 6.91. The molecule has 140 valence electrons. The van der Waals surface area contributed by atoms with Crippen molar-refractivity contribution in [3.63, 3.8) is 0 Å². The Balaban J connectivity index is 1.67. The minimum atomic E-state index is -0.0105. The van der Waals surface area contributed by atoms with E-state index >= 15 is 0 Å². The van der Waals surface area contributed by atoms with Crippen molar-refractivity contribution in [1.29, 1.82) is 0 Å². The number of aromatic nitrogens is 4. The van der Waals surface area contributed by atoms with E-state index in [2.05, 4.69) is 31.6 Å². The van der Waals surface area contributed by atoms with E-state index in [1.165, 1.54) is 6.20 Å². The molecule has 2 aromatic rings. The molecule has 1 fully saturated rings. The number of rotatable bonds is 5. The highest BCUT2D eigenvalue weighted by atomic mass is 35.5. The Labute approximate surface area is 159 Å². The van der Waals surface area contributed by atoms with Crippen LogP contribution in [0.3, 0.4) is 0 Å². The van der Waals surface area contributed by atoms with Crippen LogP contribution in [-0.4, -0.2) is 62.6 Å². The van der Waals surface area contributed by atoms with Gasteiger partial charge in [0.2, 0.25) is 0 Å². The van der Waals surface area contributed by atoms with Crippen molar-refractivity contribution in [2.75, 3.05) is 27.2 Å². The summed E-state index contributed by atoms with van der Waals surface area (Å²) >= 11 is 5.95. The van der Waals surface area contributed by atoms with Gasteiger partial charge in [-0.1, -0.05) is 11.6 Å². The maximum Gasteiger partial charge on any atom is 0.255 e. The highest BCUT2D eigenvalue weighted by molar-refractivity contribution is 6.30. The summed E-state index contributed by atoms with van der Waals surface area (Å²) in [6, 6.07) is 1.67. The van der Waals surface area contributed by atoms with Crippen molar-refractivity contribution in [3.05, 3.63) is 40.7 Å². The lowest BCUT2D eigenvalue weighted by Gasteiger charge is -2.31. The molecule has 26 heavy (non-hydrogen) atoms. The fraction of sp³-hybridized carbons (Fsp3) is 0.556. The van der Waals surface area contributed by atoms with Gasteiger partial charge in [-0.2, -0.15) is 0 Å². The quantitative estimate of drug-likeness (QED) is 0.801. The zero-order valence-corrected chi connectivity index (χ0v) is 16.3. The molecule has 0 aliphatic carbocycles. The lowest BCUT2D eigenvalue weighted by atomic mass is 9.95. The Hall–Kier alpha value is -1.99. The molecule has 0 atom stereocenters. The predicted molar refractivity (Wildman–Crippen MR) is 100 cm³/mol. The van der Waals surface area contributed by atoms with E-state index in [1.807, 2.05) is 19.0 Å². The van der Waals surface area contributed by atoms with Crippen LogP contribution in [-0.2, 0) is 13.1 Å². The largest absolute Gasteiger partial charge is 0.339 e. The van der Waals surface area contributed by atoms with Gasteiger partial charge in [0, 0.05) is 37.9 Å². The molecular formula is C18H25ClN6O. The van der Waals surface area contributed by atoms with Crippen LogP contribution in [0, 0.1) is 0 Å². The Bertz CT molecular complexity index is 767. The number of nitrogens with zero attached hydrogens (tertiary/aromatic N) is 6.